The molecule has 0 saturated carbocycles. The molecule has 0 radical (unpaired) electrons. The van der Waals surface area contributed by atoms with E-state index < -0.39 is 0 Å². The fourth-order valence-electron chi connectivity index (χ4n) is 2.12. The number of rotatable bonds is 3. The van der Waals surface area contributed by atoms with Crippen LogP contribution in [0.5, 0.6) is 0 Å². The average molecular weight is 248 g/mol. The van der Waals surface area contributed by atoms with Crippen molar-refractivity contribution in [3.05, 3.63) is 72.1 Å². The van der Waals surface area contributed by atoms with Gasteiger partial charge >= 0.3 is 0 Å². The molecule has 2 heteroatoms. The van der Waals surface area contributed by atoms with Gasteiger partial charge in [-0.05, 0) is 42.1 Å². The first kappa shape index (κ1) is 11.7. The largest absolute Gasteiger partial charge is 0.381 e. The first-order valence-corrected chi connectivity index (χ1v) is 6.44. The molecule has 0 aliphatic carbocycles. The highest BCUT2D eigenvalue weighted by Crippen LogP contribution is 2.16. The van der Waals surface area contributed by atoms with Crippen molar-refractivity contribution in [1.29, 1.82) is 0 Å². The Kier molecular flexibility index (Phi) is 3.15. The van der Waals surface area contributed by atoms with Crippen LogP contribution in [0, 0.1) is 6.92 Å². The van der Waals surface area contributed by atoms with Crippen molar-refractivity contribution >= 4 is 16.5 Å². The molecule has 0 saturated heterocycles. The Hall–Kier alpha value is -2.35. The number of hydrogen-bond acceptors (Lipinski definition) is 2. The number of nitrogens with one attached hydrogen (secondary N) is 1. The Bertz CT molecular complexity index is 687. The summed E-state index contributed by atoms with van der Waals surface area (Å²) >= 11 is 0. The molecule has 0 unspecified atom stereocenters. The molecule has 0 atom stereocenters. The second-order valence-corrected chi connectivity index (χ2v) is 4.78. The molecule has 0 aliphatic heterocycles. The first-order valence-electron chi connectivity index (χ1n) is 6.44. The SMILES string of the molecule is Cc1ccc(NCc2ccc3cnccc3c2)cc1. The van der Waals surface area contributed by atoms with Crippen LogP contribution in [-0.4, -0.2) is 4.98 Å². The van der Waals surface area contributed by atoms with Crippen molar-refractivity contribution in [2.45, 2.75) is 13.5 Å². The van der Waals surface area contributed by atoms with Gasteiger partial charge in [0.25, 0.3) is 0 Å². The summed E-state index contributed by atoms with van der Waals surface area (Å²) in [6.45, 7) is 2.93. The van der Waals surface area contributed by atoms with Gasteiger partial charge in [0, 0.05) is 30.0 Å². The van der Waals surface area contributed by atoms with Gasteiger partial charge in [0.2, 0.25) is 0 Å². The second-order valence-electron chi connectivity index (χ2n) is 4.78. The summed E-state index contributed by atoms with van der Waals surface area (Å²) in [5, 5.41) is 5.85. The maximum Gasteiger partial charge on any atom is 0.0401 e. The number of nitrogens with zero attached hydrogens (tertiary/aromatic N) is 1. The predicted octanol–water partition coefficient (Wildman–Crippen LogP) is 4.16. The van der Waals surface area contributed by atoms with Crippen molar-refractivity contribution in [3.8, 4) is 0 Å². The third-order valence-corrected chi connectivity index (χ3v) is 3.25. The van der Waals surface area contributed by atoms with Crippen LogP contribution in [-0.2, 0) is 6.54 Å². The van der Waals surface area contributed by atoms with E-state index in [1.807, 2.05) is 18.5 Å². The fraction of sp³-hybridized carbons (Fsp3) is 0.118. The van der Waals surface area contributed by atoms with Crippen LogP contribution in [0.25, 0.3) is 10.8 Å². The van der Waals surface area contributed by atoms with Gasteiger partial charge in [-0.15, -0.1) is 0 Å². The summed E-state index contributed by atoms with van der Waals surface area (Å²) < 4.78 is 0. The van der Waals surface area contributed by atoms with Gasteiger partial charge in [0.15, 0.2) is 0 Å². The predicted molar refractivity (Wildman–Crippen MR) is 80.2 cm³/mol. The summed E-state index contributed by atoms with van der Waals surface area (Å²) in [7, 11) is 0. The fourth-order valence-corrected chi connectivity index (χ4v) is 2.12. The molecule has 0 bridgehead atoms. The maximum absolute atomic E-state index is 4.13. The molecule has 94 valence electrons. The molecule has 2 aromatic carbocycles. The van der Waals surface area contributed by atoms with Crippen LogP contribution in [0.1, 0.15) is 11.1 Å². The van der Waals surface area contributed by atoms with E-state index in [-0.39, 0.29) is 0 Å². The van der Waals surface area contributed by atoms with Crippen molar-refractivity contribution in [1.82, 2.24) is 4.98 Å². The molecular weight excluding hydrogens is 232 g/mol. The summed E-state index contributed by atoms with van der Waals surface area (Å²) in [5.41, 5.74) is 3.71. The number of benzene rings is 2. The van der Waals surface area contributed by atoms with Gasteiger partial charge in [-0.1, -0.05) is 29.8 Å². The van der Waals surface area contributed by atoms with Crippen molar-refractivity contribution in [2.24, 2.45) is 0 Å². The zero-order valence-corrected chi connectivity index (χ0v) is 10.9. The van der Waals surface area contributed by atoms with E-state index >= 15 is 0 Å². The van der Waals surface area contributed by atoms with Gasteiger partial charge in [0.1, 0.15) is 0 Å². The molecule has 3 rings (SSSR count). The third-order valence-electron chi connectivity index (χ3n) is 3.25. The van der Waals surface area contributed by atoms with Gasteiger partial charge in [-0.3, -0.25) is 4.98 Å². The van der Waals surface area contributed by atoms with E-state index in [1.165, 1.54) is 21.9 Å². The molecule has 0 aliphatic rings. The van der Waals surface area contributed by atoms with Crippen LogP contribution in [0.2, 0.25) is 0 Å². The molecule has 19 heavy (non-hydrogen) atoms. The summed E-state index contributed by atoms with van der Waals surface area (Å²) in [6.07, 6.45) is 3.73. The maximum atomic E-state index is 4.13. The Balaban J connectivity index is 1.76. The first-order chi connectivity index (χ1) is 9.31. The highest BCUT2D eigenvalue weighted by molar-refractivity contribution is 5.82. The van der Waals surface area contributed by atoms with E-state index in [0.717, 1.165) is 12.2 Å². The monoisotopic (exact) mass is 248 g/mol. The number of hydrogen-bond donors (Lipinski definition) is 1. The lowest BCUT2D eigenvalue weighted by Crippen LogP contribution is -1.99. The molecule has 2 nitrogen and oxygen atoms in total. The minimum Gasteiger partial charge on any atom is -0.381 e. The average Bonchev–Trinajstić information content (AvgIpc) is 2.46. The van der Waals surface area contributed by atoms with Crippen LogP contribution in [0.4, 0.5) is 5.69 Å². The molecule has 0 spiro atoms. The minimum atomic E-state index is 0.835. The lowest BCUT2D eigenvalue weighted by molar-refractivity contribution is 1.15. The van der Waals surface area contributed by atoms with Gasteiger partial charge in [-0.2, -0.15) is 0 Å². The third kappa shape index (κ3) is 2.74. The summed E-state index contributed by atoms with van der Waals surface area (Å²) in [5.74, 6) is 0. The van der Waals surface area contributed by atoms with E-state index in [0.29, 0.717) is 0 Å². The second kappa shape index (κ2) is 5.11. The molecule has 3 aromatic rings. The molecule has 1 aromatic heterocycles. The lowest BCUT2D eigenvalue weighted by atomic mass is 10.1. The normalized spacial score (nSPS) is 10.6. The number of anilines is 1. The molecule has 0 fully saturated rings. The van der Waals surface area contributed by atoms with Crippen LogP contribution >= 0.6 is 0 Å². The molecule has 1 heterocycles. The summed E-state index contributed by atoms with van der Waals surface area (Å²) in [4.78, 5) is 4.13. The van der Waals surface area contributed by atoms with Crippen LogP contribution in [0.3, 0.4) is 0 Å². The van der Waals surface area contributed by atoms with Crippen molar-refractivity contribution in [2.75, 3.05) is 5.32 Å². The number of pyridine rings is 1. The number of fused-ring (bicyclic) bond motifs is 1. The smallest absolute Gasteiger partial charge is 0.0401 e. The Morgan fingerprint density at radius 3 is 2.63 bits per heavy atom. The Labute approximate surface area is 113 Å². The van der Waals surface area contributed by atoms with Crippen molar-refractivity contribution in [3.63, 3.8) is 0 Å². The van der Waals surface area contributed by atoms with E-state index in [2.05, 4.69) is 59.7 Å². The lowest BCUT2D eigenvalue weighted by Gasteiger charge is -2.07. The Morgan fingerprint density at radius 1 is 0.947 bits per heavy atom. The van der Waals surface area contributed by atoms with E-state index in [9.17, 15) is 0 Å². The number of aromatic nitrogens is 1. The molecule has 0 amide bonds. The van der Waals surface area contributed by atoms with Gasteiger partial charge in [0.05, 0.1) is 0 Å². The quantitative estimate of drug-likeness (QED) is 0.753. The Morgan fingerprint density at radius 2 is 1.79 bits per heavy atom. The van der Waals surface area contributed by atoms with Gasteiger partial charge < -0.3 is 5.32 Å². The molecule has 1 N–H and O–H groups in total. The minimum absolute atomic E-state index is 0.835. The molecular formula is C17H16N2. The van der Waals surface area contributed by atoms with Crippen LogP contribution in [0.15, 0.2) is 60.9 Å². The highest BCUT2D eigenvalue weighted by atomic mass is 14.9. The zero-order chi connectivity index (χ0) is 13.1. The van der Waals surface area contributed by atoms with Gasteiger partial charge in [-0.25, -0.2) is 0 Å². The highest BCUT2D eigenvalue weighted by Gasteiger charge is 1.97. The number of aryl methyl sites for hydroxylation is 1. The standard InChI is InChI=1S/C17H16N2/c1-13-2-6-17(7-3-13)19-11-14-4-5-16-12-18-9-8-15(16)10-14/h2-10,12,19H,11H2,1H3. The van der Waals surface area contributed by atoms with Crippen LogP contribution < -0.4 is 5.32 Å². The van der Waals surface area contributed by atoms with E-state index in [1.54, 1.807) is 0 Å². The summed E-state index contributed by atoms with van der Waals surface area (Å²) in [6, 6.07) is 17.0. The zero-order valence-electron chi connectivity index (χ0n) is 10.9. The van der Waals surface area contributed by atoms with E-state index in [4.69, 9.17) is 0 Å². The topological polar surface area (TPSA) is 24.9 Å². The van der Waals surface area contributed by atoms with Crippen molar-refractivity contribution < 1.29 is 0 Å².